The van der Waals surface area contributed by atoms with E-state index in [1.807, 2.05) is 0 Å². The number of rotatable bonds is 16. The van der Waals surface area contributed by atoms with Gasteiger partial charge in [0.1, 0.15) is 11.6 Å². The van der Waals surface area contributed by atoms with Crippen LogP contribution < -0.4 is 0 Å². The zero-order chi connectivity index (χ0) is 30.2. The summed E-state index contributed by atoms with van der Waals surface area (Å²) in [5.41, 5.74) is -1.70. The molecule has 3 atom stereocenters. The Labute approximate surface area is 238 Å². The smallest absolute Gasteiger partial charge is 0.348 e. The van der Waals surface area contributed by atoms with Crippen LogP contribution in [-0.2, 0) is 36.7 Å². The van der Waals surface area contributed by atoms with Gasteiger partial charge in [0.25, 0.3) is 5.60 Å². The van der Waals surface area contributed by atoms with Gasteiger partial charge in [0.15, 0.2) is 18.0 Å². The third kappa shape index (κ3) is 7.54. The van der Waals surface area contributed by atoms with Gasteiger partial charge < -0.3 is 35.0 Å². The van der Waals surface area contributed by atoms with Crippen LogP contribution in [0.2, 0.25) is 5.28 Å². The molecule has 0 saturated heterocycles. The molecule has 2 aromatic heterocycles. The molecule has 0 saturated carbocycles. The van der Waals surface area contributed by atoms with Gasteiger partial charge in [0, 0.05) is 12.8 Å². The second-order valence-corrected chi connectivity index (χ2v) is 9.20. The van der Waals surface area contributed by atoms with Crippen LogP contribution in [0.5, 0.6) is 0 Å². The van der Waals surface area contributed by atoms with Crippen molar-refractivity contribution in [1.82, 2.24) is 19.5 Å². The first-order chi connectivity index (χ1) is 19.5. The van der Waals surface area contributed by atoms with Crippen molar-refractivity contribution in [3.05, 3.63) is 53.2 Å². The second-order valence-electron chi connectivity index (χ2n) is 8.86. The van der Waals surface area contributed by atoms with E-state index in [1.54, 1.807) is 18.2 Å². The maximum Gasteiger partial charge on any atom is 0.348 e. The molecule has 218 valence electrons. The highest BCUT2D eigenvalue weighted by Crippen LogP contribution is 2.26. The van der Waals surface area contributed by atoms with Crippen molar-refractivity contribution in [3.63, 3.8) is 0 Å². The third-order valence-corrected chi connectivity index (χ3v) is 6.19. The normalized spacial score (nSPS) is 13.8. The van der Waals surface area contributed by atoms with Crippen LogP contribution in [0, 0.1) is 12.3 Å². The summed E-state index contributed by atoms with van der Waals surface area (Å²) in [5.74, 6) is -2.44. The molecular weight excluding hydrogens is 564 g/mol. The molecule has 0 spiro atoms. The number of aromatic nitrogens is 4. The maximum absolute atomic E-state index is 12.1. The minimum Gasteiger partial charge on any atom is -0.481 e. The lowest BCUT2D eigenvalue weighted by Gasteiger charge is -2.30. The van der Waals surface area contributed by atoms with Gasteiger partial charge in [-0.15, -0.1) is 6.42 Å². The number of benzene rings is 1. The van der Waals surface area contributed by atoms with E-state index in [2.05, 4.69) is 20.9 Å². The summed E-state index contributed by atoms with van der Waals surface area (Å²) in [5, 5.41) is 48.9. The van der Waals surface area contributed by atoms with Crippen molar-refractivity contribution in [1.29, 1.82) is 0 Å². The molecule has 15 heteroatoms. The van der Waals surface area contributed by atoms with E-state index >= 15 is 0 Å². The third-order valence-electron chi connectivity index (χ3n) is 6.02. The van der Waals surface area contributed by atoms with Gasteiger partial charge in [-0.05, 0) is 30.0 Å². The molecule has 5 N–H and O–H groups in total. The molecule has 2 heterocycles. The van der Waals surface area contributed by atoms with Crippen molar-refractivity contribution < 1.29 is 49.4 Å². The number of aliphatic hydroxyl groups excluding tert-OH is 2. The minimum atomic E-state index is -2.72. The van der Waals surface area contributed by atoms with Crippen molar-refractivity contribution in [3.8, 4) is 12.3 Å². The van der Waals surface area contributed by atoms with Gasteiger partial charge in [-0.1, -0.05) is 36.3 Å². The number of fused-ring (bicyclic) bond motifs is 1. The predicted molar refractivity (Wildman–Crippen MR) is 141 cm³/mol. The minimum absolute atomic E-state index is 0.0710. The predicted octanol–water partition coefficient (Wildman–Crippen LogP) is 0.924. The van der Waals surface area contributed by atoms with E-state index in [0.717, 1.165) is 0 Å². The quantitative estimate of drug-likeness (QED) is 0.0892. The number of carboxylic acids is 3. The SMILES string of the molecule is C#C[C@@H](O)[C@@H](O[C@@H](CO)COC(Cc1ccccc1)(C(=O)O)C(=O)O)n1cnc2c(CCCC(=O)O)nc(Cl)nc21. The van der Waals surface area contributed by atoms with Gasteiger partial charge in [-0.2, -0.15) is 4.98 Å². The molecule has 0 aliphatic carbocycles. The lowest BCUT2D eigenvalue weighted by atomic mass is 9.94. The first-order valence-electron chi connectivity index (χ1n) is 12.2. The molecule has 0 unspecified atom stereocenters. The molecule has 3 rings (SSSR count). The number of hydrogen-bond acceptors (Lipinski definition) is 10. The average Bonchev–Trinajstić information content (AvgIpc) is 3.35. The van der Waals surface area contributed by atoms with E-state index in [0.29, 0.717) is 11.3 Å². The lowest BCUT2D eigenvalue weighted by molar-refractivity contribution is -0.195. The number of carbonyl (C=O) groups is 3. The summed E-state index contributed by atoms with van der Waals surface area (Å²) in [6.07, 6.45) is 1.93. The number of nitrogens with zero attached hydrogens (tertiary/aromatic N) is 4. The number of aliphatic carboxylic acids is 3. The summed E-state index contributed by atoms with van der Waals surface area (Å²) >= 11 is 6.08. The van der Waals surface area contributed by atoms with Gasteiger partial charge in [0.05, 0.1) is 25.2 Å². The van der Waals surface area contributed by atoms with Crippen LogP contribution in [0.1, 0.15) is 30.3 Å². The van der Waals surface area contributed by atoms with Crippen molar-refractivity contribution in [2.45, 2.75) is 49.7 Å². The topological polar surface area (TPSA) is 214 Å². The molecule has 41 heavy (non-hydrogen) atoms. The Morgan fingerprint density at radius 2 is 1.80 bits per heavy atom. The van der Waals surface area contributed by atoms with E-state index < -0.39 is 61.6 Å². The standard InChI is InChI=1S/C26H27ClN4O10/c1-2-18(33)22(31-14-28-20-17(9-6-10-19(34)35)29-25(27)30-21(20)31)41-16(12-32)13-40-26(23(36)37,24(38)39)11-15-7-4-3-5-8-15/h1,3-5,7-8,14,16,18,22,32-33H,6,9-13H2,(H,34,35)(H,36,37)(H,38,39)/t16-,18+,22+/m0/s1. The summed E-state index contributed by atoms with van der Waals surface area (Å²) in [6.45, 7) is -1.50. The largest absolute Gasteiger partial charge is 0.481 e. The fourth-order valence-electron chi connectivity index (χ4n) is 3.96. The number of hydrogen-bond donors (Lipinski definition) is 5. The number of halogens is 1. The van der Waals surface area contributed by atoms with E-state index in [4.69, 9.17) is 32.6 Å². The number of aliphatic hydroxyl groups is 2. The Morgan fingerprint density at radius 3 is 2.39 bits per heavy atom. The summed E-state index contributed by atoms with van der Waals surface area (Å²) in [4.78, 5) is 47.6. The highest BCUT2D eigenvalue weighted by atomic mass is 35.5. The van der Waals surface area contributed by atoms with Crippen LogP contribution in [-0.4, -0.2) is 94.0 Å². The summed E-state index contributed by atoms with van der Waals surface area (Å²) < 4.78 is 12.4. The lowest BCUT2D eigenvalue weighted by Crippen LogP contribution is -2.52. The molecule has 0 aliphatic heterocycles. The number of terminal acetylenes is 1. The number of aryl methyl sites for hydroxylation is 1. The van der Waals surface area contributed by atoms with E-state index in [9.17, 15) is 34.8 Å². The zero-order valence-corrected chi connectivity index (χ0v) is 22.2. The Kier molecular flexibility index (Phi) is 10.7. The van der Waals surface area contributed by atoms with Gasteiger partial charge in [-0.3, -0.25) is 9.36 Å². The number of imidazole rings is 1. The molecule has 0 aliphatic rings. The Morgan fingerprint density at radius 1 is 1.12 bits per heavy atom. The Balaban J connectivity index is 1.89. The first kappa shape index (κ1) is 31.4. The van der Waals surface area contributed by atoms with Crippen molar-refractivity contribution >= 4 is 40.7 Å². The molecule has 1 aromatic carbocycles. The van der Waals surface area contributed by atoms with Gasteiger partial charge >= 0.3 is 17.9 Å². The van der Waals surface area contributed by atoms with Gasteiger partial charge in [-0.25, -0.2) is 19.6 Å². The van der Waals surface area contributed by atoms with Crippen LogP contribution in [0.3, 0.4) is 0 Å². The highest BCUT2D eigenvalue weighted by molar-refractivity contribution is 6.28. The molecular formula is C26H27ClN4O10. The van der Waals surface area contributed by atoms with Crippen LogP contribution >= 0.6 is 11.6 Å². The molecule has 0 bridgehead atoms. The molecule has 0 fully saturated rings. The Bertz CT molecular complexity index is 1410. The fourth-order valence-corrected chi connectivity index (χ4v) is 4.14. The van der Waals surface area contributed by atoms with Crippen LogP contribution in [0.15, 0.2) is 36.7 Å². The first-order valence-corrected chi connectivity index (χ1v) is 12.6. The molecule has 3 aromatic rings. The highest BCUT2D eigenvalue weighted by Gasteiger charge is 2.49. The van der Waals surface area contributed by atoms with Crippen molar-refractivity contribution in [2.75, 3.05) is 13.2 Å². The van der Waals surface area contributed by atoms with E-state index in [1.165, 1.54) is 23.0 Å². The summed E-state index contributed by atoms with van der Waals surface area (Å²) in [7, 11) is 0. The van der Waals surface area contributed by atoms with Crippen molar-refractivity contribution in [2.24, 2.45) is 0 Å². The molecule has 0 amide bonds. The van der Waals surface area contributed by atoms with Crippen LogP contribution in [0.25, 0.3) is 11.2 Å². The Hall–Kier alpha value is -4.13. The average molecular weight is 591 g/mol. The monoisotopic (exact) mass is 590 g/mol. The van der Waals surface area contributed by atoms with E-state index in [-0.39, 0.29) is 35.7 Å². The maximum atomic E-state index is 12.1. The number of carboxylic acid groups (broad SMARTS) is 3. The number of ether oxygens (including phenoxy) is 2. The van der Waals surface area contributed by atoms with Crippen LogP contribution in [0.4, 0.5) is 0 Å². The van der Waals surface area contributed by atoms with Gasteiger partial charge in [0.2, 0.25) is 5.28 Å². The zero-order valence-electron chi connectivity index (χ0n) is 21.5. The second kappa shape index (κ2) is 14.0. The molecule has 14 nitrogen and oxygen atoms in total. The summed E-state index contributed by atoms with van der Waals surface area (Å²) in [6, 6.07) is 7.97. The fraction of sp³-hybridized carbons (Fsp3) is 0.385. The molecule has 0 radical (unpaired) electrons.